The van der Waals surface area contributed by atoms with Gasteiger partial charge in [-0.25, -0.2) is 8.42 Å². The fourth-order valence-corrected chi connectivity index (χ4v) is 3.06. The van der Waals surface area contributed by atoms with Gasteiger partial charge in [-0.2, -0.15) is 0 Å². The van der Waals surface area contributed by atoms with Crippen LogP contribution in [0, 0.1) is 0 Å². The Balaban J connectivity index is 0.00000242. The minimum absolute atomic E-state index is 0. The van der Waals surface area contributed by atoms with Gasteiger partial charge in [0.1, 0.15) is 10.1 Å². The molecule has 0 bridgehead atoms. The Morgan fingerprint density at radius 3 is 2.32 bits per heavy atom. The van der Waals surface area contributed by atoms with Crippen LogP contribution in [0.5, 0.6) is 0 Å². The average Bonchev–Trinajstić information content (AvgIpc) is 2.55. The van der Waals surface area contributed by atoms with Crippen molar-refractivity contribution < 1.29 is 52.7 Å². The standard InChI is InChI=1S/C15H18O5S.Na/c1-15(2,17)11-4-3-5-12-10(6-7-16)8-14(13(12)9-11)21(18,19)20;/h3-5,8-9,16-17H,6-7H2,1-2H3,(H,18,19,20);/q;+1/p-1. The zero-order valence-corrected chi connectivity index (χ0v) is 15.6. The van der Waals surface area contributed by atoms with E-state index in [1.165, 1.54) is 12.1 Å². The molecule has 114 valence electrons. The van der Waals surface area contributed by atoms with E-state index < -0.39 is 15.7 Å². The van der Waals surface area contributed by atoms with E-state index in [-0.39, 0.29) is 53.0 Å². The average molecular weight is 332 g/mol. The maximum atomic E-state index is 11.4. The van der Waals surface area contributed by atoms with Gasteiger partial charge in [-0.3, -0.25) is 0 Å². The smallest absolute Gasteiger partial charge is 0.744 e. The van der Waals surface area contributed by atoms with Crippen LogP contribution in [0.2, 0.25) is 0 Å². The zero-order chi connectivity index (χ0) is 15.8. The third kappa shape index (κ3) is 4.08. The van der Waals surface area contributed by atoms with E-state index >= 15 is 0 Å². The molecule has 0 unspecified atom stereocenters. The van der Waals surface area contributed by atoms with Gasteiger partial charge >= 0.3 is 29.6 Å². The van der Waals surface area contributed by atoms with Crippen LogP contribution >= 0.6 is 0 Å². The number of rotatable bonds is 4. The van der Waals surface area contributed by atoms with Gasteiger partial charge in [0.05, 0.1) is 10.5 Å². The van der Waals surface area contributed by atoms with Crippen molar-refractivity contribution in [2.24, 2.45) is 0 Å². The summed E-state index contributed by atoms with van der Waals surface area (Å²) in [5.41, 5.74) is 0.803. The predicted molar refractivity (Wildman–Crippen MR) is 77.1 cm³/mol. The molecule has 0 atom stereocenters. The molecule has 0 aromatic carbocycles. The molecule has 0 aromatic rings. The van der Waals surface area contributed by atoms with Crippen LogP contribution in [0.3, 0.4) is 0 Å². The first-order chi connectivity index (χ1) is 9.64. The van der Waals surface area contributed by atoms with Crippen molar-refractivity contribution in [3.05, 3.63) is 41.5 Å². The third-order valence-electron chi connectivity index (χ3n) is 3.40. The zero-order valence-electron chi connectivity index (χ0n) is 12.8. The molecule has 0 saturated heterocycles. The van der Waals surface area contributed by atoms with E-state index in [9.17, 15) is 18.1 Å². The Morgan fingerprint density at radius 2 is 1.82 bits per heavy atom. The molecule has 0 radical (unpaired) electrons. The molecule has 7 heteroatoms. The first kappa shape index (κ1) is 19.6. The van der Waals surface area contributed by atoms with Gasteiger partial charge in [0.15, 0.2) is 0 Å². The molecule has 0 heterocycles. The van der Waals surface area contributed by atoms with Crippen LogP contribution < -0.4 is 29.6 Å². The molecule has 0 aromatic heterocycles. The molecule has 2 rings (SSSR count). The first-order valence-electron chi connectivity index (χ1n) is 6.50. The number of hydrogen-bond donors (Lipinski definition) is 2. The Bertz CT molecular complexity index is 734. The molecule has 2 aliphatic carbocycles. The maximum Gasteiger partial charge on any atom is 1.00 e. The fraction of sp³-hybridized carbons (Fsp3) is 0.333. The molecule has 5 nitrogen and oxygen atoms in total. The summed E-state index contributed by atoms with van der Waals surface area (Å²) in [6.07, 6.45) is 0.258. The van der Waals surface area contributed by atoms with E-state index in [1.54, 1.807) is 32.0 Å². The SMILES string of the molecule is CC(C)(O)c1cccc2c(CCO)cc(S(=O)(=O)[O-])c-2c1.[Na+]. The van der Waals surface area contributed by atoms with E-state index in [2.05, 4.69) is 0 Å². The summed E-state index contributed by atoms with van der Waals surface area (Å²) < 4.78 is 34.3. The topological polar surface area (TPSA) is 97.7 Å². The number of fused-ring (bicyclic) bond motifs is 1. The molecule has 0 saturated carbocycles. The second kappa shape index (κ2) is 6.97. The van der Waals surface area contributed by atoms with Gasteiger partial charge in [-0.05, 0) is 54.7 Å². The molecular formula is C15H17NaO5S. The second-order valence-corrected chi connectivity index (χ2v) is 6.82. The molecule has 0 spiro atoms. The summed E-state index contributed by atoms with van der Waals surface area (Å²) in [5, 5.41) is 19.2. The number of aliphatic hydroxyl groups excluding tert-OH is 1. The summed E-state index contributed by atoms with van der Waals surface area (Å²) >= 11 is 0. The fourth-order valence-electron chi connectivity index (χ4n) is 2.33. The van der Waals surface area contributed by atoms with Crippen LogP contribution in [0.25, 0.3) is 11.1 Å². The summed E-state index contributed by atoms with van der Waals surface area (Å²) in [6.45, 7) is 3.02. The summed E-state index contributed by atoms with van der Waals surface area (Å²) in [5.74, 6) is 0. The van der Waals surface area contributed by atoms with E-state index in [0.29, 0.717) is 16.7 Å². The quantitative estimate of drug-likeness (QED) is 0.522. The normalized spacial score (nSPS) is 12.2. The molecule has 2 aliphatic rings. The minimum Gasteiger partial charge on any atom is -0.744 e. The molecule has 2 N–H and O–H groups in total. The van der Waals surface area contributed by atoms with Crippen molar-refractivity contribution in [2.75, 3.05) is 6.61 Å². The van der Waals surface area contributed by atoms with Gasteiger partial charge in [0.25, 0.3) is 0 Å². The largest absolute Gasteiger partial charge is 1.00 e. The molecule has 0 fully saturated rings. The van der Waals surface area contributed by atoms with Gasteiger partial charge in [0, 0.05) is 6.61 Å². The third-order valence-corrected chi connectivity index (χ3v) is 4.28. The summed E-state index contributed by atoms with van der Waals surface area (Å²) in [6, 6.07) is 7.87. The van der Waals surface area contributed by atoms with Crippen LogP contribution in [0.4, 0.5) is 0 Å². The summed E-state index contributed by atoms with van der Waals surface area (Å²) in [4.78, 5) is -0.317. The number of hydrogen-bond acceptors (Lipinski definition) is 5. The van der Waals surface area contributed by atoms with Crippen molar-refractivity contribution in [2.45, 2.75) is 30.8 Å². The van der Waals surface area contributed by atoms with Crippen molar-refractivity contribution in [3.63, 3.8) is 0 Å². The molecular weight excluding hydrogens is 315 g/mol. The maximum absolute atomic E-state index is 11.4. The van der Waals surface area contributed by atoms with Crippen LogP contribution in [-0.4, -0.2) is 29.8 Å². The second-order valence-electron chi connectivity index (χ2n) is 5.47. The molecule has 0 amide bonds. The van der Waals surface area contributed by atoms with E-state index in [0.717, 1.165) is 0 Å². The minimum atomic E-state index is -4.63. The van der Waals surface area contributed by atoms with E-state index in [4.69, 9.17) is 5.11 Å². The van der Waals surface area contributed by atoms with Gasteiger partial charge < -0.3 is 14.8 Å². The Hall–Kier alpha value is -0.470. The van der Waals surface area contributed by atoms with Crippen LogP contribution in [-0.2, 0) is 22.1 Å². The van der Waals surface area contributed by atoms with Crippen molar-refractivity contribution in [3.8, 4) is 11.1 Å². The van der Waals surface area contributed by atoms with Gasteiger partial charge in [0.2, 0.25) is 0 Å². The Labute approximate surface area is 152 Å². The van der Waals surface area contributed by atoms with Crippen LogP contribution in [0.1, 0.15) is 25.0 Å². The monoisotopic (exact) mass is 332 g/mol. The molecule has 22 heavy (non-hydrogen) atoms. The van der Waals surface area contributed by atoms with Gasteiger partial charge in [-0.1, -0.05) is 18.2 Å². The Kier molecular flexibility index (Phi) is 6.20. The summed E-state index contributed by atoms with van der Waals surface area (Å²) in [7, 11) is -4.63. The van der Waals surface area contributed by atoms with Crippen molar-refractivity contribution in [1.82, 2.24) is 0 Å². The van der Waals surface area contributed by atoms with E-state index in [1.807, 2.05) is 0 Å². The number of aliphatic hydroxyl groups is 2. The Morgan fingerprint density at radius 1 is 1.18 bits per heavy atom. The van der Waals surface area contributed by atoms with Gasteiger partial charge in [-0.15, -0.1) is 0 Å². The van der Waals surface area contributed by atoms with Crippen molar-refractivity contribution in [1.29, 1.82) is 0 Å². The molecule has 0 aliphatic heterocycles. The first-order valence-corrected chi connectivity index (χ1v) is 7.90. The van der Waals surface area contributed by atoms with Crippen LogP contribution in [0.15, 0.2) is 35.2 Å². The van der Waals surface area contributed by atoms with Crippen molar-refractivity contribution >= 4 is 10.1 Å². The predicted octanol–water partition coefficient (Wildman–Crippen LogP) is -1.54.